The molecule has 0 unspecified atom stereocenters. The Kier molecular flexibility index (Phi) is 2.86. The molecule has 2 radical (unpaired) electrons. The summed E-state index contributed by atoms with van der Waals surface area (Å²) in [6, 6.07) is 3.30. The normalized spacial score (nSPS) is 10.5. The highest BCUT2D eigenvalue weighted by molar-refractivity contribution is 6.34. The van der Waals surface area contributed by atoms with Gasteiger partial charge in [-0.1, -0.05) is 19.3 Å². The van der Waals surface area contributed by atoms with Crippen LogP contribution in [0.5, 0.6) is 11.5 Å². The standard InChI is InChI=1S/C10H13BO2/c1-6(2)7-4-10(13-3)8(11)5-9(7)12/h4-6,12H,1-3H3. The number of benzene rings is 1. The van der Waals surface area contributed by atoms with E-state index in [2.05, 4.69) is 0 Å². The Morgan fingerprint density at radius 3 is 2.46 bits per heavy atom. The second-order valence-electron chi connectivity index (χ2n) is 3.31. The Bertz CT molecular complexity index is 308. The van der Waals surface area contributed by atoms with Gasteiger partial charge >= 0.3 is 0 Å². The van der Waals surface area contributed by atoms with Gasteiger partial charge in [0.05, 0.1) is 7.11 Å². The van der Waals surface area contributed by atoms with E-state index in [9.17, 15) is 5.11 Å². The maximum atomic E-state index is 9.55. The van der Waals surface area contributed by atoms with E-state index in [1.54, 1.807) is 13.2 Å². The molecule has 1 rings (SSSR count). The van der Waals surface area contributed by atoms with Crippen LogP contribution in [0.3, 0.4) is 0 Å². The summed E-state index contributed by atoms with van der Waals surface area (Å²) in [5.74, 6) is 1.10. The lowest BCUT2D eigenvalue weighted by molar-refractivity contribution is 0.414. The zero-order chi connectivity index (χ0) is 10.0. The van der Waals surface area contributed by atoms with E-state index in [4.69, 9.17) is 12.6 Å². The van der Waals surface area contributed by atoms with Gasteiger partial charge in [-0.25, -0.2) is 0 Å². The van der Waals surface area contributed by atoms with Gasteiger partial charge in [-0.05, 0) is 18.1 Å². The maximum absolute atomic E-state index is 9.55. The molecule has 1 aromatic rings. The molecule has 0 fully saturated rings. The van der Waals surface area contributed by atoms with Gasteiger partial charge < -0.3 is 9.84 Å². The third-order valence-corrected chi connectivity index (χ3v) is 2.00. The predicted octanol–water partition coefficient (Wildman–Crippen LogP) is 1.32. The summed E-state index contributed by atoms with van der Waals surface area (Å²) in [7, 11) is 7.18. The molecule has 0 aliphatic heterocycles. The fourth-order valence-electron chi connectivity index (χ4n) is 1.24. The summed E-state index contributed by atoms with van der Waals surface area (Å²) in [5, 5.41) is 9.55. The van der Waals surface area contributed by atoms with Gasteiger partial charge in [-0.3, -0.25) is 0 Å². The molecule has 1 N–H and O–H groups in total. The Morgan fingerprint density at radius 1 is 1.38 bits per heavy atom. The average molecular weight is 176 g/mol. The Balaban J connectivity index is 3.22. The molecule has 0 amide bonds. The van der Waals surface area contributed by atoms with Crippen LogP contribution in [0.2, 0.25) is 0 Å². The first-order chi connectivity index (χ1) is 6.06. The molecule has 0 bridgehead atoms. The van der Waals surface area contributed by atoms with Crippen molar-refractivity contribution in [3.63, 3.8) is 0 Å². The summed E-state index contributed by atoms with van der Waals surface area (Å²) < 4.78 is 5.05. The smallest absolute Gasteiger partial charge is 0.119 e. The molecule has 0 heterocycles. The molecule has 13 heavy (non-hydrogen) atoms. The lowest BCUT2D eigenvalue weighted by Crippen LogP contribution is -2.08. The van der Waals surface area contributed by atoms with E-state index in [1.165, 1.54) is 6.07 Å². The number of phenols is 1. The topological polar surface area (TPSA) is 29.5 Å². The molecule has 3 heteroatoms. The van der Waals surface area contributed by atoms with Crippen molar-refractivity contribution >= 4 is 13.3 Å². The van der Waals surface area contributed by atoms with Crippen LogP contribution in [0.1, 0.15) is 25.3 Å². The number of aromatic hydroxyl groups is 1. The van der Waals surface area contributed by atoms with Gasteiger partial charge in [0.15, 0.2) is 0 Å². The third-order valence-electron chi connectivity index (χ3n) is 2.00. The zero-order valence-electron chi connectivity index (χ0n) is 8.16. The van der Waals surface area contributed by atoms with E-state index in [1.807, 2.05) is 13.8 Å². The van der Waals surface area contributed by atoms with Crippen molar-refractivity contribution < 1.29 is 9.84 Å². The summed E-state index contributed by atoms with van der Waals surface area (Å²) in [4.78, 5) is 0. The highest BCUT2D eigenvalue weighted by Gasteiger charge is 2.09. The molecule has 0 saturated heterocycles. The predicted molar refractivity (Wildman–Crippen MR) is 54.1 cm³/mol. The van der Waals surface area contributed by atoms with Gasteiger partial charge in [0, 0.05) is 5.56 Å². The average Bonchev–Trinajstić information content (AvgIpc) is 2.03. The molecule has 2 nitrogen and oxygen atoms in total. The molecule has 68 valence electrons. The minimum atomic E-state index is 0.230. The van der Waals surface area contributed by atoms with E-state index in [0.717, 1.165) is 5.56 Å². The van der Waals surface area contributed by atoms with Crippen LogP contribution in [0, 0.1) is 0 Å². The minimum Gasteiger partial charge on any atom is -0.508 e. The van der Waals surface area contributed by atoms with E-state index in [0.29, 0.717) is 11.2 Å². The minimum absolute atomic E-state index is 0.230. The Hall–Kier alpha value is -1.12. The van der Waals surface area contributed by atoms with Crippen molar-refractivity contribution in [2.75, 3.05) is 7.11 Å². The van der Waals surface area contributed by atoms with Gasteiger partial charge in [-0.15, -0.1) is 0 Å². The quantitative estimate of drug-likeness (QED) is 0.688. The second kappa shape index (κ2) is 3.73. The lowest BCUT2D eigenvalue weighted by atomic mass is 9.90. The summed E-state index contributed by atoms with van der Waals surface area (Å²) in [6.07, 6.45) is 0. The van der Waals surface area contributed by atoms with Gasteiger partial charge in [0.2, 0.25) is 0 Å². The van der Waals surface area contributed by atoms with Crippen molar-refractivity contribution in [1.29, 1.82) is 0 Å². The van der Waals surface area contributed by atoms with Crippen LogP contribution < -0.4 is 10.2 Å². The molecule has 0 atom stereocenters. The number of phenolic OH excluding ortho intramolecular Hbond substituents is 1. The van der Waals surface area contributed by atoms with Crippen molar-refractivity contribution in [1.82, 2.24) is 0 Å². The maximum Gasteiger partial charge on any atom is 0.119 e. The highest BCUT2D eigenvalue weighted by atomic mass is 16.5. The lowest BCUT2D eigenvalue weighted by Gasteiger charge is -2.12. The fraction of sp³-hybridized carbons (Fsp3) is 0.400. The molecule has 1 aromatic carbocycles. The third kappa shape index (κ3) is 1.97. The van der Waals surface area contributed by atoms with Crippen LogP contribution in [0.15, 0.2) is 12.1 Å². The Morgan fingerprint density at radius 2 is 2.00 bits per heavy atom. The fourth-order valence-corrected chi connectivity index (χ4v) is 1.24. The number of hydrogen-bond acceptors (Lipinski definition) is 2. The number of hydrogen-bond donors (Lipinski definition) is 1. The summed E-state index contributed by atoms with van der Waals surface area (Å²) in [5.41, 5.74) is 1.32. The number of ether oxygens (including phenoxy) is 1. The van der Waals surface area contributed by atoms with Crippen molar-refractivity contribution in [2.24, 2.45) is 0 Å². The van der Waals surface area contributed by atoms with Crippen LogP contribution in [0.25, 0.3) is 0 Å². The van der Waals surface area contributed by atoms with E-state index < -0.39 is 0 Å². The van der Waals surface area contributed by atoms with Crippen LogP contribution in [0.4, 0.5) is 0 Å². The van der Waals surface area contributed by atoms with Crippen LogP contribution >= 0.6 is 0 Å². The summed E-state index contributed by atoms with van der Waals surface area (Å²) in [6.45, 7) is 4.01. The molecule has 0 aliphatic rings. The van der Waals surface area contributed by atoms with Gasteiger partial charge in [0.25, 0.3) is 0 Å². The monoisotopic (exact) mass is 176 g/mol. The molecular weight excluding hydrogens is 163 g/mol. The SMILES string of the molecule is [B]c1cc(O)c(C(C)C)cc1OC. The highest BCUT2D eigenvalue weighted by Crippen LogP contribution is 2.27. The first kappa shape index (κ1) is 9.97. The van der Waals surface area contributed by atoms with E-state index >= 15 is 0 Å². The van der Waals surface area contributed by atoms with Crippen LogP contribution in [-0.4, -0.2) is 20.1 Å². The molecular formula is C10H13BO2. The Labute approximate surface area is 80.0 Å². The molecule has 0 aromatic heterocycles. The molecule has 0 spiro atoms. The zero-order valence-corrected chi connectivity index (χ0v) is 8.16. The number of methoxy groups -OCH3 is 1. The first-order valence-electron chi connectivity index (χ1n) is 4.22. The van der Waals surface area contributed by atoms with Crippen molar-refractivity contribution in [3.8, 4) is 11.5 Å². The summed E-state index contributed by atoms with van der Waals surface area (Å²) >= 11 is 0. The van der Waals surface area contributed by atoms with Gasteiger partial charge in [0.1, 0.15) is 19.3 Å². The largest absolute Gasteiger partial charge is 0.508 e. The first-order valence-corrected chi connectivity index (χ1v) is 4.22. The van der Waals surface area contributed by atoms with Crippen molar-refractivity contribution in [3.05, 3.63) is 17.7 Å². The molecule has 0 aliphatic carbocycles. The van der Waals surface area contributed by atoms with Crippen molar-refractivity contribution in [2.45, 2.75) is 19.8 Å². The number of rotatable bonds is 2. The second-order valence-corrected chi connectivity index (χ2v) is 3.31. The van der Waals surface area contributed by atoms with Crippen LogP contribution in [-0.2, 0) is 0 Å². The molecule has 0 saturated carbocycles. The van der Waals surface area contributed by atoms with E-state index in [-0.39, 0.29) is 11.7 Å². The van der Waals surface area contributed by atoms with Gasteiger partial charge in [-0.2, -0.15) is 0 Å².